The Morgan fingerprint density at radius 3 is 2.52 bits per heavy atom. The summed E-state index contributed by atoms with van der Waals surface area (Å²) >= 11 is 0. The Morgan fingerprint density at radius 2 is 1.80 bits per heavy atom. The number of rotatable bonds is 6. The zero-order valence-electron chi connectivity index (χ0n) is 14.5. The predicted octanol–water partition coefficient (Wildman–Crippen LogP) is 3.07. The molecule has 0 heterocycles. The zero-order chi connectivity index (χ0) is 17.5. The van der Waals surface area contributed by atoms with E-state index in [1.54, 1.807) is 24.3 Å². The number of halogens is 1. The van der Waals surface area contributed by atoms with E-state index in [0.29, 0.717) is 29.9 Å². The van der Waals surface area contributed by atoms with Crippen molar-refractivity contribution < 1.29 is 9.59 Å². The van der Waals surface area contributed by atoms with Crippen LogP contribution in [-0.2, 0) is 6.54 Å². The lowest BCUT2D eigenvalue weighted by atomic mass is 10.1. The summed E-state index contributed by atoms with van der Waals surface area (Å²) in [5.74, 6) is -0.280. The SMILES string of the molecule is CCCNC(=O)c1cccc(CNC(=O)c2cc(N)ccc2C)c1.Cl. The number of nitrogens with one attached hydrogen (secondary N) is 2. The minimum Gasteiger partial charge on any atom is -0.399 e. The molecule has 0 spiro atoms. The highest BCUT2D eigenvalue weighted by Crippen LogP contribution is 2.13. The molecule has 5 nitrogen and oxygen atoms in total. The maximum absolute atomic E-state index is 12.3. The average molecular weight is 362 g/mol. The van der Waals surface area contributed by atoms with Gasteiger partial charge in [0.25, 0.3) is 11.8 Å². The van der Waals surface area contributed by atoms with Crippen molar-refractivity contribution in [3.05, 3.63) is 64.7 Å². The fourth-order valence-corrected chi connectivity index (χ4v) is 2.32. The zero-order valence-corrected chi connectivity index (χ0v) is 15.3. The van der Waals surface area contributed by atoms with Crippen LogP contribution in [-0.4, -0.2) is 18.4 Å². The third kappa shape index (κ3) is 5.80. The molecule has 2 amide bonds. The molecular weight excluding hydrogens is 338 g/mol. The van der Waals surface area contributed by atoms with Crippen LogP contribution in [0, 0.1) is 6.92 Å². The van der Waals surface area contributed by atoms with Crippen LogP contribution in [0.4, 0.5) is 5.69 Å². The van der Waals surface area contributed by atoms with E-state index in [-0.39, 0.29) is 24.2 Å². The van der Waals surface area contributed by atoms with Gasteiger partial charge in [0.1, 0.15) is 0 Å². The van der Waals surface area contributed by atoms with Gasteiger partial charge in [-0.2, -0.15) is 0 Å². The first-order valence-corrected chi connectivity index (χ1v) is 8.02. The molecule has 0 unspecified atom stereocenters. The molecular formula is C19H24ClN3O2. The van der Waals surface area contributed by atoms with Crippen molar-refractivity contribution in [3.8, 4) is 0 Å². The van der Waals surface area contributed by atoms with Crippen LogP contribution in [0.1, 0.15) is 45.2 Å². The minimum absolute atomic E-state index is 0. The van der Waals surface area contributed by atoms with Crippen LogP contribution in [0.5, 0.6) is 0 Å². The summed E-state index contributed by atoms with van der Waals surface area (Å²) in [4.78, 5) is 24.3. The first-order valence-electron chi connectivity index (χ1n) is 8.02. The van der Waals surface area contributed by atoms with Crippen molar-refractivity contribution >= 4 is 29.9 Å². The van der Waals surface area contributed by atoms with Crippen LogP contribution >= 0.6 is 12.4 Å². The lowest BCUT2D eigenvalue weighted by Gasteiger charge is -2.10. The first kappa shape index (κ1) is 20.5. The van der Waals surface area contributed by atoms with Gasteiger partial charge in [-0.05, 0) is 48.7 Å². The summed E-state index contributed by atoms with van der Waals surface area (Å²) < 4.78 is 0. The quantitative estimate of drug-likeness (QED) is 0.691. The van der Waals surface area contributed by atoms with Gasteiger partial charge in [-0.25, -0.2) is 0 Å². The third-order valence-corrected chi connectivity index (χ3v) is 3.68. The molecule has 0 bridgehead atoms. The highest BCUT2D eigenvalue weighted by Gasteiger charge is 2.10. The second kappa shape index (κ2) is 9.69. The lowest BCUT2D eigenvalue weighted by Crippen LogP contribution is -2.25. The molecule has 0 saturated carbocycles. The van der Waals surface area contributed by atoms with Gasteiger partial charge in [-0.15, -0.1) is 12.4 Å². The maximum atomic E-state index is 12.3. The van der Waals surface area contributed by atoms with Gasteiger partial charge < -0.3 is 16.4 Å². The van der Waals surface area contributed by atoms with Crippen molar-refractivity contribution in [2.75, 3.05) is 12.3 Å². The minimum atomic E-state index is -0.180. The summed E-state index contributed by atoms with van der Waals surface area (Å²) in [7, 11) is 0. The average Bonchev–Trinajstić information content (AvgIpc) is 2.59. The monoisotopic (exact) mass is 361 g/mol. The standard InChI is InChI=1S/C19H23N3O2.ClH/c1-3-9-21-18(23)15-6-4-5-14(10-15)12-22-19(24)17-11-16(20)8-7-13(17)2;/h4-8,10-11H,3,9,12,20H2,1-2H3,(H,21,23)(H,22,24);1H. The maximum Gasteiger partial charge on any atom is 0.251 e. The highest BCUT2D eigenvalue weighted by molar-refractivity contribution is 5.96. The highest BCUT2D eigenvalue weighted by atomic mass is 35.5. The van der Waals surface area contributed by atoms with Crippen LogP contribution in [0.25, 0.3) is 0 Å². The van der Waals surface area contributed by atoms with E-state index in [9.17, 15) is 9.59 Å². The lowest BCUT2D eigenvalue weighted by molar-refractivity contribution is 0.0946. The number of nitrogen functional groups attached to an aromatic ring is 1. The Morgan fingerprint density at radius 1 is 1.04 bits per heavy atom. The Kier molecular flexibility index (Phi) is 7.95. The van der Waals surface area contributed by atoms with Gasteiger partial charge in [-0.3, -0.25) is 9.59 Å². The number of anilines is 1. The first-order chi connectivity index (χ1) is 11.5. The number of aryl methyl sites for hydroxylation is 1. The number of carbonyl (C=O) groups excluding carboxylic acids is 2. The van der Waals surface area contributed by atoms with Gasteiger partial charge in [-0.1, -0.05) is 25.1 Å². The van der Waals surface area contributed by atoms with Crippen molar-refractivity contribution in [1.29, 1.82) is 0 Å². The molecule has 2 aromatic carbocycles. The topological polar surface area (TPSA) is 84.2 Å². The summed E-state index contributed by atoms with van der Waals surface area (Å²) in [5, 5.41) is 5.71. The molecule has 134 valence electrons. The molecule has 0 aliphatic heterocycles. The van der Waals surface area contributed by atoms with Crippen LogP contribution in [0.2, 0.25) is 0 Å². The van der Waals surface area contributed by atoms with E-state index >= 15 is 0 Å². The Balaban J connectivity index is 0.00000312. The molecule has 2 aromatic rings. The van der Waals surface area contributed by atoms with E-state index in [1.807, 2.05) is 32.0 Å². The summed E-state index contributed by atoms with van der Waals surface area (Å²) in [6.45, 7) is 4.87. The van der Waals surface area contributed by atoms with Crippen molar-refractivity contribution in [2.24, 2.45) is 0 Å². The fourth-order valence-electron chi connectivity index (χ4n) is 2.32. The second-order valence-corrected chi connectivity index (χ2v) is 5.71. The number of hydrogen-bond acceptors (Lipinski definition) is 3. The van der Waals surface area contributed by atoms with Gasteiger partial charge in [0.05, 0.1) is 0 Å². The molecule has 0 fully saturated rings. The molecule has 0 saturated heterocycles. The molecule has 0 radical (unpaired) electrons. The summed E-state index contributed by atoms with van der Waals surface area (Å²) in [6.07, 6.45) is 0.890. The number of hydrogen-bond donors (Lipinski definition) is 3. The van der Waals surface area contributed by atoms with Crippen molar-refractivity contribution in [3.63, 3.8) is 0 Å². The Bertz CT molecular complexity index is 747. The molecule has 6 heteroatoms. The Labute approximate surface area is 154 Å². The number of amides is 2. The number of carbonyl (C=O) groups is 2. The molecule has 25 heavy (non-hydrogen) atoms. The van der Waals surface area contributed by atoms with E-state index in [0.717, 1.165) is 17.5 Å². The molecule has 0 aliphatic rings. The van der Waals surface area contributed by atoms with Crippen molar-refractivity contribution in [1.82, 2.24) is 10.6 Å². The van der Waals surface area contributed by atoms with E-state index in [1.165, 1.54) is 0 Å². The molecule has 2 rings (SSSR count). The molecule has 0 aromatic heterocycles. The van der Waals surface area contributed by atoms with E-state index in [2.05, 4.69) is 10.6 Å². The predicted molar refractivity (Wildman–Crippen MR) is 103 cm³/mol. The van der Waals surface area contributed by atoms with Crippen molar-refractivity contribution in [2.45, 2.75) is 26.8 Å². The summed E-state index contributed by atoms with van der Waals surface area (Å²) in [5.41, 5.74) is 9.19. The van der Waals surface area contributed by atoms with Gasteiger partial charge in [0.15, 0.2) is 0 Å². The second-order valence-electron chi connectivity index (χ2n) is 5.71. The van der Waals surface area contributed by atoms with E-state index < -0.39 is 0 Å². The fraction of sp³-hybridized carbons (Fsp3) is 0.263. The van der Waals surface area contributed by atoms with Crippen LogP contribution in [0.15, 0.2) is 42.5 Å². The Hall–Kier alpha value is -2.53. The normalized spacial score (nSPS) is 9.84. The van der Waals surface area contributed by atoms with Crippen LogP contribution < -0.4 is 16.4 Å². The largest absolute Gasteiger partial charge is 0.399 e. The van der Waals surface area contributed by atoms with Gasteiger partial charge in [0, 0.05) is 29.9 Å². The van der Waals surface area contributed by atoms with Gasteiger partial charge in [0.2, 0.25) is 0 Å². The molecule has 0 atom stereocenters. The molecule has 4 N–H and O–H groups in total. The smallest absolute Gasteiger partial charge is 0.251 e. The van der Waals surface area contributed by atoms with Crippen LogP contribution in [0.3, 0.4) is 0 Å². The molecule has 0 aliphatic carbocycles. The summed E-state index contributed by atoms with van der Waals surface area (Å²) in [6, 6.07) is 12.5. The number of nitrogens with two attached hydrogens (primary N) is 1. The van der Waals surface area contributed by atoms with Gasteiger partial charge >= 0.3 is 0 Å². The van der Waals surface area contributed by atoms with E-state index in [4.69, 9.17) is 5.73 Å². The third-order valence-electron chi connectivity index (χ3n) is 3.68. The number of benzene rings is 2.